The second kappa shape index (κ2) is 3.12. The van der Waals surface area contributed by atoms with E-state index in [0.717, 1.165) is 11.8 Å². The summed E-state index contributed by atoms with van der Waals surface area (Å²) in [7, 11) is 0. The monoisotopic (exact) mass is 189 g/mol. The Labute approximate surface area is 86.8 Å². The minimum Gasteiger partial charge on any atom is -0.198 e. The molecule has 0 spiro atoms. The molecule has 2 fully saturated rings. The van der Waals surface area contributed by atoms with Crippen LogP contribution < -0.4 is 0 Å². The molecule has 0 radical (unpaired) electrons. The molecule has 0 saturated heterocycles. The summed E-state index contributed by atoms with van der Waals surface area (Å²) < 4.78 is 0. The molecule has 0 heterocycles. The Morgan fingerprint density at radius 2 is 2.21 bits per heavy atom. The van der Waals surface area contributed by atoms with Gasteiger partial charge in [0.15, 0.2) is 0 Å². The van der Waals surface area contributed by atoms with E-state index in [9.17, 15) is 0 Å². The first-order valence-corrected chi connectivity index (χ1v) is 5.63. The van der Waals surface area contributed by atoms with Crippen LogP contribution in [0.15, 0.2) is 11.6 Å². The fourth-order valence-electron chi connectivity index (χ4n) is 3.18. The number of hydrogen-bond acceptors (Lipinski definition) is 1. The van der Waals surface area contributed by atoms with Crippen LogP contribution in [0.2, 0.25) is 0 Å². The second-order valence-electron chi connectivity index (χ2n) is 5.52. The van der Waals surface area contributed by atoms with E-state index in [4.69, 9.17) is 5.26 Å². The summed E-state index contributed by atoms with van der Waals surface area (Å²) in [5.41, 5.74) is 2.12. The van der Waals surface area contributed by atoms with Gasteiger partial charge in [-0.15, -0.1) is 0 Å². The van der Waals surface area contributed by atoms with Gasteiger partial charge >= 0.3 is 0 Å². The van der Waals surface area contributed by atoms with Gasteiger partial charge in [0.1, 0.15) is 0 Å². The molecule has 2 saturated carbocycles. The Morgan fingerprint density at radius 1 is 1.50 bits per heavy atom. The van der Waals surface area contributed by atoms with E-state index in [1.165, 1.54) is 12.8 Å². The fraction of sp³-hybridized carbons (Fsp3) is 0.769. The lowest BCUT2D eigenvalue weighted by Crippen LogP contribution is -2.08. The molecule has 0 aromatic rings. The average molecular weight is 189 g/mol. The largest absolute Gasteiger partial charge is 0.198 e. The van der Waals surface area contributed by atoms with Gasteiger partial charge in [-0.05, 0) is 36.0 Å². The molecule has 0 aromatic carbocycles. The van der Waals surface area contributed by atoms with Crippen LogP contribution in [0.4, 0.5) is 0 Å². The molecule has 0 aromatic heterocycles. The van der Waals surface area contributed by atoms with Crippen molar-refractivity contribution in [3.63, 3.8) is 0 Å². The number of allylic oxidation sites excluding steroid dienone is 2. The quantitative estimate of drug-likeness (QED) is 0.579. The zero-order valence-electron chi connectivity index (χ0n) is 9.38. The van der Waals surface area contributed by atoms with Crippen molar-refractivity contribution in [1.29, 1.82) is 5.26 Å². The van der Waals surface area contributed by atoms with E-state index < -0.39 is 0 Å². The predicted octanol–water partition coefficient (Wildman–Crippen LogP) is 3.53. The van der Waals surface area contributed by atoms with Crippen molar-refractivity contribution >= 4 is 0 Å². The topological polar surface area (TPSA) is 23.8 Å². The van der Waals surface area contributed by atoms with Crippen molar-refractivity contribution in [2.75, 3.05) is 0 Å². The molecule has 0 amide bonds. The van der Waals surface area contributed by atoms with Crippen LogP contribution in [-0.4, -0.2) is 0 Å². The SMILES string of the molecule is C[C@@H]1C[C@@H]2[C@@H](C/C1=C/CC#N)C2(C)C. The number of fused-ring (bicyclic) bond motifs is 1. The van der Waals surface area contributed by atoms with Gasteiger partial charge in [0.2, 0.25) is 0 Å². The molecule has 1 nitrogen and oxygen atoms in total. The van der Waals surface area contributed by atoms with E-state index in [1.807, 2.05) is 0 Å². The third kappa shape index (κ3) is 1.38. The highest BCUT2D eigenvalue weighted by molar-refractivity contribution is 5.21. The molecular weight excluding hydrogens is 170 g/mol. The Balaban J connectivity index is 2.07. The molecule has 2 aliphatic rings. The van der Waals surface area contributed by atoms with Crippen molar-refractivity contribution < 1.29 is 0 Å². The third-order valence-electron chi connectivity index (χ3n) is 4.44. The van der Waals surface area contributed by atoms with Gasteiger partial charge in [0, 0.05) is 0 Å². The zero-order valence-corrected chi connectivity index (χ0v) is 9.38. The van der Waals surface area contributed by atoms with E-state index in [-0.39, 0.29) is 0 Å². The highest BCUT2D eigenvalue weighted by atomic mass is 14.6. The second-order valence-corrected chi connectivity index (χ2v) is 5.52. The summed E-state index contributed by atoms with van der Waals surface area (Å²) in [5.74, 6) is 2.58. The minimum absolute atomic E-state index is 0.580. The first kappa shape index (κ1) is 9.77. The highest BCUT2D eigenvalue weighted by Crippen LogP contribution is 2.66. The number of hydrogen-bond donors (Lipinski definition) is 0. The lowest BCUT2D eigenvalue weighted by molar-refractivity contribution is 0.452. The Kier molecular flexibility index (Phi) is 2.18. The van der Waals surface area contributed by atoms with Gasteiger partial charge in [0.25, 0.3) is 0 Å². The van der Waals surface area contributed by atoms with E-state index >= 15 is 0 Å². The average Bonchev–Trinajstić information content (AvgIpc) is 2.65. The van der Waals surface area contributed by atoms with Gasteiger partial charge in [-0.3, -0.25) is 0 Å². The van der Waals surface area contributed by atoms with Crippen molar-refractivity contribution in [2.45, 2.75) is 40.0 Å². The van der Waals surface area contributed by atoms with Crippen LogP contribution in [0.1, 0.15) is 40.0 Å². The number of nitriles is 1. The summed E-state index contributed by atoms with van der Waals surface area (Å²) in [6, 6.07) is 2.21. The van der Waals surface area contributed by atoms with Gasteiger partial charge in [-0.25, -0.2) is 0 Å². The predicted molar refractivity (Wildman–Crippen MR) is 57.5 cm³/mol. The Bertz CT molecular complexity index is 306. The van der Waals surface area contributed by atoms with E-state index in [0.29, 0.717) is 17.8 Å². The molecular formula is C13H19N. The molecule has 0 N–H and O–H groups in total. The molecule has 0 bridgehead atoms. The molecule has 14 heavy (non-hydrogen) atoms. The lowest BCUT2D eigenvalue weighted by Gasteiger charge is -2.20. The molecule has 0 unspecified atom stereocenters. The van der Waals surface area contributed by atoms with Gasteiger partial charge in [-0.2, -0.15) is 5.26 Å². The molecule has 2 rings (SSSR count). The first-order chi connectivity index (χ1) is 6.57. The maximum atomic E-state index is 8.57. The first-order valence-electron chi connectivity index (χ1n) is 5.63. The van der Waals surface area contributed by atoms with Crippen LogP contribution in [0, 0.1) is 34.5 Å². The highest BCUT2D eigenvalue weighted by Gasteiger charge is 2.59. The number of nitrogens with zero attached hydrogens (tertiary/aromatic N) is 1. The zero-order chi connectivity index (χ0) is 10.3. The maximum absolute atomic E-state index is 8.57. The Morgan fingerprint density at radius 3 is 2.86 bits per heavy atom. The van der Waals surface area contributed by atoms with Crippen LogP contribution >= 0.6 is 0 Å². The third-order valence-corrected chi connectivity index (χ3v) is 4.44. The van der Waals surface area contributed by atoms with Crippen LogP contribution in [0.3, 0.4) is 0 Å². The van der Waals surface area contributed by atoms with Gasteiger partial charge < -0.3 is 0 Å². The van der Waals surface area contributed by atoms with Crippen LogP contribution in [0.25, 0.3) is 0 Å². The minimum atomic E-state index is 0.580. The normalized spacial score (nSPS) is 41.6. The van der Waals surface area contributed by atoms with Crippen molar-refractivity contribution in [1.82, 2.24) is 0 Å². The smallest absolute Gasteiger partial charge is 0.0663 e. The molecule has 1 heteroatoms. The number of rotatable bonds is 1. The van der Waals surface area contributed by atoms with Crippen LogP contribution in [0.5, 0.6) is 0 Å². The van der Waals surface area contributed by atoms with E-state index in [1.54, 1.807) is 5.57 Å². The summed E-state index contributed by atoms with van der Waals surface area (Å²) >= 11 is 0. The Hall–Kier alpha value is -0.770. The summed E-state index contributed by atoms with van der Waals surface area (Å²) in [4.78, 5) is 0. The lowest BCUT2D eigenvalue weighted by atomic mass is 9.85. The van der Waals surface area contributed by atoms with Crippen molar-refractivity contribution in [2.24, 2.45) is 23.2 Å². The van der Waals surface area contributed by atoms with E-state index in [2.05, 4.69) is 32.9 Å². The summed E-state index contributed by atoms with van der Waals surface area (Å²) in [6.07, 6.45) is 5.35. The van der Waals surface area contributed by atoms with Crippen molar-refractivity contribution in [3.05, 3.63) is 11.6 Å². The summed E-state index contributed by atoms with van der Waals surface area (Å²) in [5, 5.41) is 8.57. The summed E-state index contributed by atoms with van der Waals surface area (Å²) in [6.45, 7) is 7.10. The van der Waals surface area contributed by atoms with Crippen LogP contribution in [-0.2, 0) is 0 Å². The molecule has 2 aliphatic carbocycles. The van der Waals surface area contributed by atoms with Gasteiger partial charge in [-0.1, -0.05) is 32.4 Å². The van der Waals surface area contributed by atoms with Gasteiger partial charge in [0.05, 0.1) is 12.5 Å². The maximum Gasteiger partial charge on any atom is 0.0663 e. The fourth-order valence-corrected chi connectivity index (χ4v) is 3.18. The molecule has 76 valence electrons. The standard InChI is InChI=1S/C13H19N/c1-9-7-11-12(13(11,2)3)8-10(9)5-4-6-14/h5,9,11-12H,4,7-8H2,1-3H3/b10-5-/t9-,11-,12-/m1/s1. The molecule has 0 aliphatic heterocycles. The van der Waals surface area contributed by atoms with Crippen molar-refractivity contribution in [3.8, 4) is 6.07 Å². The molecule has 3 atom stereocenters.